The minimum atomic E-state index is -0.168. The van der Waals surface area contributed by atoms with Crippen molar-refractivity contribution in [2.75, 3.05) is 18.6 Å². The summed E-state index contributed by atoms with van der Waals surface area (Å²) in [5.74, 6) is -0.168. The van der Waals surface area contributed by atoms with Crippen LogP contribution in [0.4, 0.5) is 5.69 Å². The molecule has 1 aliphatic heterocycles. The molecule has 4 nitrogen and oxygen atoms in total. The fraction of sp³-hybridized carbons (Fsp3) is 0.471. The molecule has 0 radical (unpaired) electrons. The molecule has 2 N–H and O–H groups in total. The van der Waals surface area contributed by atoms with Crippen molar-refractivity contribution >= 4 is 23.4 Å². The number of carbonyl (C=O) groups is 1. The standard InChI is InChI=1S/C17H24N2O2S/c1-6-21-15(20)9-14-10-22-17(18-5)19(14)16-12(3)7-11(2)8-13(16)4/h7-8,10,17-18H,6,9H2,1-5H3/p+1/t17-/m1/s1. The lowest BCUT2D eigenvalue weighted by Crippen LogP contribution is -2.88. The van der Waals surface area contributed by atoms with Crippen molar-refractivity contribution in [3.05, 3.63) is 39.9 Å². The second-order valence-corrected chi connectivity index (χ2v) is 6.56. The molecule has 0 bridgehead atoms. The van der Waals surface area contributed by atoms with Crippen molar-refractivity contribution < 1.29 is 14.8 Å². The molecule has 1 aromatic carbocycles. The number of anilines is 1. The first-order valence-corrected chi connectivity index (χ1v) is 8.58. The molecule has 0 spiro atoms. The molecule has 5 heteroatoms. The summed E-state index contributed by atoms with van der Waals surface area (Å²) in [6, 6.07) is 4.39. The van der Waals surface area contributed by atoms with Crippen molar-refractivity contribution in [3.8, 4) is 0 Å². The Morgan fingerprint density at radius 1 is 1.32 bits per heavy atom. The SMILES string of the molecule is CCOC(=O)CC1=CS[C@H]([NH2+]C)N1c1c(C)cc(C)cc1C. The number of ether oxygens (including phenoxy) is 1. The Kier molecular flexibility index (Phi) is 5.53. The predicted octanol–water partition coefficient (Wildman–Crippen LogP) is 2.44. The van der Waals surface area contributed by atoms with E-state index in [4.69, 9.17) is 4.74 Å². The summed E-state index contributed by atoms with van der Waals surface area (Å²) in [6.45, 7) is 8.64. The van der Waals surface area contributed by atoms with Crippen LogP contribution in [0.1, 0.15) is 30.0 Å². The molecule has 1 atom stereocenters. The highest BCUT2D eigenvalue weighted by molar-refractivity contribution is 8.02. The molecule has 0 aromatic heterocycles. The van der Waals surface area contributed by atoms with E-state index in [1.807, 2.05) is 6.92 Å². The van der Waals surface area contributed by atoms with Gasteiger partial charge in [-0.15, -0.1) is 0 Å². The molecule has 1 heterocycles. The van der Waals surface area contributed by atoms with Crippen LogP contribution in [0.15, 0.2) is 23.2 Å². The molecule has 0 fully saturated rings. The maximum atomic E-state index is 11.9. The van der Waals surface area contributed by atoms with Crippen molar-refractivity contribution in [1.29, 1.82) is 0 Å². The van der Waals surface area contributed by atoms with E-state index in [0.29, 0.717) is 13.0 Å². The number of benzene rings is 1. The first kappa shape index (κ1) is 16.9. The molecule has 0 aliphatic carbocycles. The van der Waals surface area contributed by atoms with Crippen LogP contribution in [0.25, 0.3) is 0 Å². The van der Waals surface area contributed by atoms with E-state index in [1.54, 1.807) is 11.8 Å². The first-order valence-electron chi connectivity index (χ1n) is 7.64. The smallest absolute Gasteiger partial charge is 0.311 e. The molecular weight excluding hydrogens is 296 g/mol. The Bertz CT molecular complexity index is 575. The molecule has 0 saturated carbocycles. The van der Waals surface area contributed by atoms with Crippen LogP contribution >= 0.6 is 11.8 Å². The van der Waals surface area contributed by atoms with Gasteiger partial charge in [-0.2, -0.15) is 0 Å². The lowest BCUT2D eigenvalue weighted by atomic mass is 10.0. The minimum absolute atomic E-state index is 0.168. The van der Waals surface area contributed by atoms with Crippen LogP contribution in [0.2, 0.25) is 0 Å². The number of nitrogens with two attached hydrogens (primary N) is 1. The molecule has 2 rings (SSSR count). The highest BCUT2D eigenvalue weighted by Crippen LogP contribution is 2.38. The van der Waals surface area contributed by atoms with Gasteiger partial charge in [-0.25, -0.2) is 0 Å². The van der Waals surface area contributed by atoms with Crippen molar-refractivity contribution in [2.45, 2.75) is 39.6 Å². The molecule has 22 heavy (non-hydrogen) atoms. The Morgan fingerprint density at radius 2 is 1.95 bits per heavy atom. The quantitative estimate of drug-likeness (QED) is 0.846. The number of hydrogen-bond donors (Lipinski definition) is 1. The van der Waals surface area contributed by atoms with Gasteiger partial charge in [-0.1, -0.05) is 17.7 Å². The Hall–Kier alpha value is -1.46. The van der Waals surface area contributed by atoms with E-state index >= 15 is 0 Å². The fourth-order valence-corrected chi connectivity index (χ4v) is 3.98. The van der Waals surface area contributed by atoms with E-state index in [1.165, 1.54) is 22.4 Å². The van der Waals surface area contributed by atoms with Gasteiger partial charge < -0.3 is 10.1 Å². The van der Waals surface area contributed by atoms with Gasteiger partial charge in [0.1, 0.15) is 0 Å². The highest BCUT2D eigenvalue weighted by Gasteiger charge is 2.33. The van der Waals surface area contributed by atoms with Gasteiger partial charge in [0, 0.05) is 5.70 Å². The first-order chi connectivity index (χ1) is 10.5. The topological polar surface area (TPSA) is 46.1 Å². The molecule has 120 valence electrons. The number of rotatable bonds is 5. The second kappa shape index (κ2) is 7.20. The Labute approximate surface area is 136 Å². The summed E-state index contributed by atoms with van der Waals surface area (Å²) >= 11 is 1.74. The average molecular weight is 321 g/mol. The van der Waals surface area contributed by atoms with Crippen LogP contribution in [-0.4, -0.2) is 25.1 Å². The van der Waals surface area contributed by atoms with Gasteiger partial charge in [-0.05, 0) is 56.0 Å². The predicted molar refractivity (Wildman–Crippen MR) is 91.7 cm³/mol. The van der Waals surface area contributed by atoms with Crippen LogP contribution < -0.4 is 10.2 Å². The fourth-order valence-electron chi connectivity index (χ4n) is 2.97. The molecule has 1 aromatic rings. The maximum absolute atomic E-state index is 11.9. The summed E-state index contributed by atoms with van der Waals surface area (Å²) in [5, 5.41) is 4.25. The highest BCUT2D eigenvalue weighted by atomic mass is 32.2. The zero-order valence-electron chi connectivity index (χ0n) is 14.0. The number of quaternary nitrogens is 1. The van der Waals surface area contributed by atoms with Crippen molar-refractivity contribution in [3.63, 3.8) is 0 Å². The van der Waals surface area contributed by atoms with Crippen molar-refractivity contribution in [1.82, 2.24) is 0 Å². The Balaban J connectivity index is 2.36. The average Bonchev–Trinajstić information content (AvgIpc) is 2.81. The van der Waals surface area contributed by atoms with E-state index in [0.717, 1.165) is 5.70 Å². The number of hydrogen-bond acceptors (Lipinski definition) is 4. The maximum Gasteiger partial charge on any atom is 0.311 e. The van der Waals surface area contributed by atoms with Gasteiger partial charge in [0.2, 0.25) is 5.50 Å². The third-order valence-corrected chi connectivity index (χ3v) is 4.87. The summed E-state index contributed by atoms with van der Waals surface area (Å²) in [7, 11) is 2.06. The monoisotopic (exact) mass is 321 g/mol. The summed E-state index contributed by atoms with van der Waals surface area (Å²) in [6.07, 6.45) is 0.317. The second-order valence-electron chi connectivity index (χ2n) is 5.57. The van der Waals surface area contributed by atoms with E-state index in [2.05, 4.69) is 55.6 Å². The lowest BCUT2D eigenvalue weighted by molar-refractivity contribution is -0.638. The van der Waals surface area contributed by atoms with Gasteiger partial charge in [0.15, 0.2) is 0 Å². The zero-order valence-corrected chi connectivity index (χ0v) is 14.8. The largest absolute Gasteiger partial charge is 0.466 e. The molecule has 1 aliphatic rings. The normalized spacial score (nSPS) is 17.6. The van der Waals surface area contributed by atoms with Crippen LogP contribution in [0.5, 0.6) is 0 Å². The van der Waals surface area contributed by atoms with Crippen LogP contribution in [0.3, 0.4) is 0 Å². The number of nitrogens with zero attached hydrogens (tertiary/aromatic N) is 1. The van der Waals surface area contributed by atoms with Gasteiger partial charge in [-0.3, -0.25) is 9.69 Å². The summed E-state index contributed by atoms with van der Waals surface area (Å²) < 4.78 is 5.11. The molecule has 0 saturated heterocycles. The number of thioether (sulfide) groups is 1. The summed E-state index contributed by atoms with van der Waals surface area (Å²) in [5.41, 5.74) is 6.18. The number of carbonyl (C=O) groups excluding carboxylic acids is 1. The minimum Gasteiger partial charge on any atom is -0.466 e. The van der Waals surface area contributed by atoms with Gasteiger partial charge in [0.25, 0.3) is 0 Å². The summed E-state index contributed by atoms with van der Waals surface area (Å²) in [4.78, 5) is 14.2. The third kappa shape index (κ3) is 3.47. The number of esters is 1. The third-order valence-electron chi connectivity index (χ3n) is 3.70. The number of aryl methyl sites for hydroxylation is 3. The van der Waals surface area contributed by atoms with Crippen LogP contribution in [0, 0.1) is 20.8 Å². The molecule has 0 amide bonds. The Morgan fingerprint density at radius 3 is 2.50 bits per heavy atom. The van der Waals surface area contributed by atoms with E-state index < -0.39 is 0 Å². The molecular formula is C17H25N2O2S+. The van der Waals surface area contributed by atoms with E-state index in [-0.39, 0.29) is 11.5 Å². The van der Waals surface area contributed by atoms with E-state index in [9.17, 15) is 4.79 Å². The van der Waals surface area contributed by atoms with Gasteiger partial charge >= 0.3 is 5.97 Å². The van der Waals surface area contributed by atoms with Crippen molar-refractivity contribution in [2.24, 2.45) is 0 Å². The van der Waals surface area contributed by atoms with Crippen LogP contribution in [-0.2, 0) is 9.53 Å². The van der Waals surface area contributed by atoms with Gasteiger partial charge in [0.05, 0.1) is 25.8 Å². The zero-order chi connectivity index (χ0) is 16.3. The lowest BCUT2D eigenvalue weighted by Gasteiger charge is -2.29. The molecule has 0 unspecified atom stereocenters.